The van der Waals surface area contributed by atoms with Gasteiger partial charge in [-0.1, -0.05) is 41.5 Å². The van der Waals surface area contributed by atoms with Crippen LogP contribution in [0, 0.1) is 17.3 Å². The highest BCUT2D eigenvalue weighted by atomic mass is 16.3. The smallest absolute Gasteiger partial charge is 0.0499 e. The fourth-order valence-electron chi connectivity index (χ4n) is 2.54. The Morgan fingerprint density at radius 3 is 1.67 bits per heavy atom. The quantitative estimate of drug-likeness (QED) is 0.623. The van der Waals surface area contributed by atoms with E-state index in [1.807, 2.05) is 0 Å². The number of nitrogens with one attached hydrogen (secondary N) is 1. The van der Waals surface area contributed by atoms with E-state index in [-0.39, 0.29) is 5.41 Å². The monoisotopic (exact) mass is 257 g/mol. The van der Waals surface area contributed by atoms with Crippen LogP contribution in [0.5, 0.6) is 0 Å². The van der Waals surface area contributed by atoms with Gasteiger partial charge in [0.2, 0.25) is 0 Å². The van der Waals surface area contributed by atoms with Gasteiger partial charge in [-0.25, -0.2) is 0 Å². The lowest BCUT2D eigenvalue weighted by atomic mass is 9.82. The standard InChI is InChI=1S/C16H35NO/c1-7-16(8-2,12-18)11-17-15(9-13(3)4)10-14(5)6/h13-15,17-18H,7-12H2,1-6H3. The maximum absolute atomic E-state index is 9.61. The van der Waals surface area contributed by atoms with Crippen LogP contribution < -0.4 is 5.32 Å². The van der Waals surface area contributed by atoms with Gasteiger partial charge < -0.3 is 10.4 Å². The Labute approximate surface area is 115 Å². The third kappa shape index (κ3) is 6.75. The lowest BCUT2D eigenvalue weighted by Gasteiger charge is -2.33. The molecule has 0 aliphatic heterocycles. The van der Waals surface area contributed by atoms with Crippen molar-refractivity contribution in [1.29, 1.82) is 0 Å². The predicted molar refractivity (Wildman–Crippen MR) is 80.8 cm³/mol. The van der Waals surface area contributed by atoms with E-state index >= 15 is 0 Å². The van der Waals surface area contributed by atoms with Crippen LogP contribution in [-0.4, -0.2) is 24.3 Å². The molecule has 0 rings (SSSR count). The van der Waals surface area contributed by atoms with Gasteiger partial charge in [-0.3, -0.25) is 0 Å². The van der Waals surface area contributed by atoms with Crippen LogP contribution in [0.4, 0.5) is 0 Å². The van der Waals surface area contributed by atoms with Crippen LogP contribution in [0.2, 0.25) is 0 Å². The Morgan fingerprint density at radius 2 is 1.39 bits per heavy atom. The van der Waals surface area contributed by atoms with Crippen molar-refractivity contribution in [2.24, 2.45) is 17.3 Å². The summed E-state index contributed by atoms with van der Waals surface area (Å²) in [7, 11) is 0. The summed E-state index contributed by atoms with van der Waals surface area (Å²) in [5.74, 6) is 1.46. The number of hydrogen-bond acceptors (Lipinski definition) is 2. The number of rotatable bonds is 10. The molecule has 0 amide bonds. The van der Waals surface area contributed by atoms with Gasteiger partial charge in [-0.05, 0) is 37.5 Å². The van der Waals surface area contributed by atoms with Crippen molar-refractivity contribution >= 4 is 0 Å². The Hall–Kier alpha value is -0.0800. The minimum absolute atomic E-state index is 0.0756. The topological polar surface area (TPSA) is 32.3 Å². The SMILES string of the molecule is CCC(CC)(CO)CNC(CC(C)C)CC(C)C. The van der Waals surface area contributed by atoms with Crippen LogP contribution in [0.1, 0.15) is 67.2 Å². The number of hydrogen-bond donors (Lipinski definition) is 2. The number of aliphatic hydroxyl groups excluding tert-OH is 1. The third-order valence-electron chi connectivity index (χ3n) is 4.11. The maximum Gasteiger partial charge on any atom is 0.0499 e. The van der Waals surface area contributed by atoms with Crippen LogP contribution in [-0.2, 0) is 0 Å². The first-order valence-corrected chi connectivity index (χ1v) is 7.73. The molecule has 0 radical (unpaired) electrons. The summed E-state index contributed by atoms with van der Waals surface area (Å²) in [6, 6.07) is 0.592. The molecule has 110 valence electrons. The number of aliphatic hydroxyl groups is 1. The van der Waals surface area contributed by atoms with E-state index in [0.29, 0.717) is 12.6 Å². The Balaban J connectivity index is 4.38. The van der Waals surface area contributed by atoms with Gasteiger partial charge in [0.1, 0.15) is 0 Å². The van der Waals surface area contributed by atoms with Crippen LogP contribution >= 0.6 is 0 Å². The van der Waals surface area contributed by atoms with Gasteiger partial charge in [0.25, 0.3) is 0 Å². The molecule has 0 aromatic carbocycles. The first-order valence-electron chi connectivity index (χ1n) is 7.73. The Morgan fingerprint density at radius 1 is 0.944 bits per heavy atom. The average Bonchev–Trinajstić information content (AvgIpc) is 2.30. The van der Waals surface area contributed by atoms with Gasteiger partial charge in [0, 0.05) is 24.6 Å². The first kappa shape index (κ1) is 17.9. The van der Waals surface area contributed by atoms with E-state index in [1.165, 1.54) is 12.8 Å². The van der Waals surface area contributed by atoms with Crippen LogP contribution in [0.3, 0.4) is 0 Å². The molecule has 0 saturated carbocycles. The van der Waals surface area contributed by atoms with Crippen molar-refractivity contribution in [1.82, 2.24) is 5.32 Å². The average molecular weight is 257 g/mol. The van der Waals surface area contributed by atoms with E-state index in [0.717, 1.165) is 31.2 Å². The van der Waals surface area contributed by atoms with Crippen molar-refractivity contribution in [3.05, 3.63) is 0 Å². The molecule has 0 spiro atoms. The minimum atomic E-state index is 0.0756. The molecule has 0 bridgehead atoms. The summed E-state index contributed by atoms with van der Waals surface area (Å²) in [5, 5.41) is 13.3. The molecular weight excluding hydrogens is 222 g/mol. The summed E-state index contributed by atoms with van der Waals surface area (Å²) < 4.78 is 0. The molecule has 2 N–H and O–H groups in total. The van der Waals surface area contributed by atoms with Crippen molar-refractivity contribution in [3.8, 4) is 0 Å². The minimum Gasteiger partial charge on any atom is -0.396 e. The van der Waals surface area contributed by atoms with E-state index < -0.39 is 0 Å². The molecule has 0 fully saturated rings. The third-order valence-corrected chi connectivity index (χ3v) is 4.11. The highest BCUT2D eigenvalue weighted by Crippen LogP contribution is 2.25. The van der Waals surface area contributed by atoms with Crippen molar-refractivity contribution in [2.75, 3.05) is 13.2 Å². The van der Waals surface area contributed by atoms with Crippen LogP contribution in [0.15, 0.2) is 0 Å². The summed E-state index contributed by atoms with van der Waals surface area (Å²) in [6.07, 6.45) is 4.55. The van der Waals surface area contributed by atoms with Gasteiger partial charge in [0.05, 0.1) is 0 Å². The molecule has 0 saturated heterocycles. The summed E-state index contributed by atoms with van der Waals surface area (Å²) in [6.45, 7) is 14.7. The lowest BCUT2D eigenvalue weighted by Crippen LogP contribution is -2.42. The molecule has 0 aliphatic carbocycles. The molecule has 2 nitrogen and oxygen atoms in total. The van der Waals surface area contributed by atoms with Gasteiger partial charge >= 0.3 is 0 Å². The summed E-state index contributed by atoms with van der Waals surface area (Å²) in [4.78, 5) is 0. The second-order valence-corrected chi connectivity index (χ2v) is 6.70. The molecule has 2 heteroatoms. The highest BCUT2D eigenvalue weighted by molar-refractivity contribution is 4.81. The largest absolute Gasteiger partial charge is 0.396 e. The van der Waals surface area contributed by atoms with E-state index in [4.69, 9.17) is 0 Å². The highest BCUT2D eigenvalue weighted by Gasteiger charge is 2.26. The normalized spacial score (nSPS) is 13.0. The summed E-state index contributed by atoms with van der Waals surface area (Å²) in [5.41, 5.74) is 0.0756. The van der Waals surface area contributed by atoms with Gasteiger partial charge in [-0.2, -0.15) is 0 Å². The zero-order chi connectivity index (χ0) is 14.2. The van der Waals surface area contributed by atoms with Crippen molar-refractivity contribution in [3.63, 3.8) is 0 Å². The van der Waals surface area contributed by atoms with E-state index in [1.54, 1.807) is 0 Å². The van der Waals surface area contributed by atoms with E-state index in [2.05, 4.69) is 46.9 Å². The van der Waals surface area contributed by atoms with Crippen molar-refractivity contribution in [2.45, 2.75) is 73.3 Å². The molecule has 0 unspecified atom stereocenters. The Bertz CT molecular complexity index is 179. The van der Waals surface area contributed by atoms with Crippen molar-refractivity contribution < 1.29 is 5.11 Å². The van der Waals surface area contributed by atoms with Crippen LogP contribution in [0.25, 0.3) is 0 Å². The summed E-state index contributed by atoms with van der Waals surface area (Å²) >= 11 is 0. The fourth-order valence-corrected chi connectivity index (χ4v) is 2.54. The molecule has 0 aromatic heterocycles. The molecule has 0 aromatic rings. The Kier molecular flexibility index (Phi) is 8.89. The lowest BCUT2D eigenvalue weighted by molar-refractivity contribution is 0.107. The predicted octanol–water partition coefficient (Wildman–Crippen LogP) is 3.84. The molecule has 18 heavy (non-hydrogen) atoms. The molecule has 0 aliphatic rings. The first-order chi connectivity index (χ1) is 8.39. The maximum atomic E-state index is 9.61. The second kappa shape index (κ2) is 8.92. The molecule has 0 heterocycles. The van der Waals surface area contributed by atoms with E-state index in [9.17, 15) is 5.11 Å². The molecular formula is C16H35NO. The van der Waals surface area contributed by atoms with Gasteiger partial charge in [0.15, 0.2) is 0 Å². The second-order valence-electron chi connectivity index (χ2n) is 6.70. The molecule has 0 atom stereocenters. The van der Waals surface area contributed by atoms with Gasteiger partial charge in [-0.15, -0.1) is 0 Å². The zero-order valence-corrected chi connectivity index (χ0v) is 13.4. The fraction of sp³-hybridized carbons (Fsp3) is 1.00. The zero-order valence-electron chi connectivity index (χ0n) is 13.4.